The number of nitrogens with one attached hydrogen (secondary N) is 1. The van der Waals surface area contributed by atoms with Gasteiger partial charge in [-0.15, -0.1) is 36.2 Å². The average molecular weight is 349 g/mol. The van der Waals surface area contributed by atoms with Gasteiger partial charge in [0.2, 0.25) is 0 Å². The Morgan fingerprint density at radius 3 is 2.86 bits per heavy atom. The first kappa shape index (κ1) is 18.0. The Bertz CT molecular complexity index is 613. The molecule has 1 aliphatic heterocycles. The first-order valence-electron chi connectivity index (χ1n) is 6.29. The second-order valence-corrected chi connectivity index (χ2v) is 5.92. The highest BCUT2D eigenvalue weighted by Crippen LogP contribution is 2.23. The number of thiazole rings is 1. The lowest BCUT2D eigenvalue weighted by Crippen LogP contribution is -2.32. The second-order valence-electron chi connectivity index (χ2n) is 4.85. The monoisotopic (exact) mass is 348 g/mol. The van der Waals surface area contributed by atoms with Crippen LogP contribution >= 0.6 is 36.2 Å². The number of likely N-dealkylation sites (tertiary alicyclic amines) is 1. The molecule has 1 saturated heterocycles. The minimum absolute atomic E-state index is 0. The van der Waals surface area contributed by atoms with Crippen molar-refractivity contribution in [3.05, 3.63) is 28.3 Å². The Morgan fingerprint density at radius 1 is 1.52 bits per heavy atom. The number of aromatic nitrogens is 2. The van der Waals surface area contributed by atoms with Crippen LogP contribution in [0.1, 0.15) is 21.9 Å². The topological polar surface area (TPSA) is 75.0 Å². The van der Waals surface area contributed by atoms with E-state index in [1.54, 1.807) is 16.2 Å². The Kier molecular flexibility index (Phi) is 6.22. The smallest absolute Gasteiger partial charge is 0.270 e. The van der Waals surface area contributed by atoms with Crippen LogP contribution in [0.3, 0.4) is 0 Å². The number of carbonyl (C=O) groups excluding carboxylic acids is 1. The molecule has 1 atom stereocenters. The van der Waals surface area contributed by atoms with Crippen molar-refractivity contribution in [1.82, 2.24) is 14.9 Å². The molecule has 1 aliphatic rings. The molecule has 2 aromatic rings. The number of aryl methyl sites for hydroxylation is 1. The third-order valence-corrected chi connectivity index (χ3v) is 4.11. The Balaban J connectivity index is 0.00000110. The summed E-state index contributed by atoms with van der Waals surface area (Å²) in [5.41, 5.74) is 8.30. The van der Waals surface area contributed by atoms with E-state index < -0.39 is 0 Å². The predicted octanol–water partition coefficient (Wildman–Crippen LogP) is 2.46. The molecular formula is C13H18Cl2N4OS. The first-order chi connectivity index (χ1) is 9.13. The molecule has 3 N–H and O–H groups in total. The van der Waals surface area contributed by atoms with E-state index in [9.17, 15) is 4.79 Å². The SMILES string of the molecule is Cc1nc(-c2c[nH]c(C(=O)N3CC[C@@H](N)C3)c2)cs1.Cl.Cl. The standard InChI is InChI=1S/C13H16N4OS.2ClH/c1-8-16-12(7-19-8)9-4-11(15-5-9)13(18)17-3-2-10(14)6-17;;/h4-5,7,10,15H,2-3,6,14H2,1H3;2*1H/t10-;;/m1../s1. The molecule has 2 aromatic heterocycles. The molecule has 0 spiro atoms. The van der Waals surface area contributed by atoms with Crippen molar-refractivity contribution < 1.29 is 4.79 Å². The average Bonchev–Trinajstić information content (AvgIpc) is 3.07. The molecule has 0 saturated carbocycles. The number of amides is 1. The zero-order valence-corrected chi connectivity index (χ0v) is 14.0. The number of rotatable bonds is 2. The van der Waals surface area contributed by atoms with E-state index in [0.717, 1.165) is 29.2 Å². The summed E-state index contributed by atoms with van der Waals surface area (Å²) >= 11 is 1.61. The summed E-state index contributed by atoms with van der Waals surface area (Å²) in [6.45, 7) is 3.35. The summed E-state index contributed by atoms with van der Waals surface area (Å²) in [4.78, 5) is 21.5. The highest BCUT2D eigenvalue weighted by atomic mass is 35.5. The van der Waals surface area contributed by atoms with Crippen LogP contribution in [0.2, 0.25) is 0 Å². The third-order valence-electron chi connectivity index (χ3n) is 3.34. The molecule has 0 radical (unpaired) electrons. The maximum Gasteiger partial charge on any atom is 0.270 e. The number of nitrogens with zero attached hydrogens (tertiary/aromatic N) is 2. The highest BCUT2D eigenvalue weighted by Gasteiger charge is 2.25. The summed E-state index contributed by atoms with van der Waals surface area (Å²) in [7, 11) is 0. The lowest BCUT2D eigenvalue weighted by molar-refractivity contribution is 0.0786. The fraction of sp³-hybridized carbons (Fsp3) is 0.385. The van der Waals surface area contributed by atoms with E-state index in [1.807, 2.05) is 24.6 Å². The molecule has 0 bridgehead atoms. The Hall–Kier alpha value is -1.08. The van der Waals surface area contributed by atoms with E-state index in [1.165, 1.54) is 0 Å². The number of H-pyrrole nitrogens is 1. The fourth-order valence-corrected chi connectivity index (χ4v) is 2.93. The normalized spacial score (nSPS) is 17.2. The van der Waals surface area contributed by atoms with Crippen molar-refractivity contribution >= 4 is 42.1 Å². The van der Waals surface area contributed by atoms with Crippen LogP contribution in [0.4, 0.5) is 0 Å². The van der Waals surface area contributed by atoms with Gasteiger partial charge in [-0.3, -0.25) is 4.79 Å². The van der Waals surface area contributed by atoms with Crippen molar-refractivity contribution in [2.75, 3.05) is 13.1 Å². The molecule has 1 amide bonds. The van der Waals surface area contributed by atoms with Gasteiger partial charge >= 0.3 is 0 Å². The van der Waals surface area contributed by atoms with Crippen LogP contribution in [0.15, 0.2) is 17.6 Å². The molecule has 0 aliphatic carbocycles. The second kappa shape index (κ2) is 7.26. The van der Waals surface area contributed by atoms with Gasteiger partial charge in [-0.05, 0) is 19.4 Å². The molecule has 0 unspecified atom stereocenters. The van der Waals surface area contributed by atoms with Crippen molar-refractivity contribution in [1.29, 1.82) is 0 Å². The van der Waals surface area contributed by atoms with E-state index >= 15 is 0 Å². The lowest BCUT2D eigenvalue weighted by Gasteiger charge is -2.14. The summed E-state index contributed by atoms with van der Waals surface area (Å²) in [6.07, 6.45) is 2.71. The minimum atomic E-state index is 0. The van der Waals surface area contributed by atoms with Gasteiger partial charge < -0.3 is 15.6 Å². The number of halogens is 2. The summed E-state index contributed by atoms with van der Waals surface area (Å²) < 4.78 is 0. The molecule has 8 heteroatoms. The lowest BCUT2D eigenvalue weighted by atomic mass is 10.2. The van der Waals surface area contributed by atoms with Gasteiger partial charge in [0.05, 0.1) is 10.7 Å². The van der Waals surface area contributed by atoms with Crippen LogP contribution in [-0.2, 0) is 0 Å². The van der Waals surface area contributed by atoms with Gasteiger partial charge in [0, 0.05) is 36.3 Å². The van der Waals surface area contributed by atoms with Crippen LogP contribution < -0.4 is 5.73 Å². The number of carbonyl (C=O) groups is 1. The van der Waals surface area contributed by atoms with Gasteiger partial charge in [-0.1, -0.05) is 0 Å². The molecule has 116 valence electrons. The molecule has 3 heterocycles. The van der Waals surface area contributed by atoms with Crippen LogP contribution in [0.5, 0.6) is 0 Å². The maximum atomic E-state index is 12.3. The Morgan fingerprint density at radius 2 is 2.29 bits per heavy atom. The van der Waals surface area contributed by atoms with E-state index in [4.69, 9.17) is 5.73 Å². The molecular weight excluding hydrogens is 331 g/mol. The highest BCUT2D eigenvalue weighted by molar-refractivity contribution is 7.09. The van der Waals surface area contributed by atoms with Crippen molar-refractivity contribution in [3.63, 3.8) is 0 Å². The number of aromatic amines is 1. The van der Waals surface area contributed by atoms with Gasteiger partial charge in [0.15, 0.2) is 0 Å². The molecule has 1 fully saturated rings. The van der Waals surface area contributed by atoms with Gasteiger partial charge in [-0.2, -0.15) is 0 Å². The molecule has 0 aromatic carbocycles. The van der Waals surface area contributed by atoms with Crippen molar-refractivity contribution in [2.24, 2.45) is 5.73 Å². The Labute approximate surface area is 139 Å². The van der Waals surface area contributed by atoms with Crippen LogP contribution in [0.25, 0.3) is 11.3 Å². The molecule has 3 rings (SSSR count). The number of hydrogen-bond donors (Lipinski definition) is 2. The zero-order valence-electron chi connectivity index (χ0n) is 11.5. The molecule has 21 heavy (non-hydrogen) atoms. The first-order valence-corrected chi connectivity index (χ1v) is 7.17. The largest absolute Gasteiger partial charge is 0.357 e. The van der Waals surface area contributed by atoms with Crippen LogP contribution in [0, 0.1) is 6.92 Å². The minimum Gasteiger partial charge on any atom is -0.357 e. The quantitative estimate of drug-likeness (QED) is 0.875. The predicted molar refractivity (Wildman–Crippen MR) is 89.6 cm³/mol. The van der Waals surface area contributed by atoms with Crippen molar-refractivity contribution in [2.45, 2.75) is 19.4 Å². The van der Waals surface area contributed by atoms with Crippen LogP contribution in [-0.4, -0.2) is 39.9 Å². The van der Waals surface area contributed by atoms with Gasteiger partial charge in [0.1, 0.15) is 5.69 Å². The fourth-order valence-electron chi connectivity index (χ4n) is 2.30. The number of nitrogens with two attached hydrogens (primary N) is 1. The van der Waals surface area contributed by atoms with E-state index in [0.29, 0.717) is 12.2 Å². The summed E-state index contributed by atoms with van der Waals surface area (Å²) in [5, 5.41) is 3.02. The third kappa shape index (κ3) is 3.77. The van der Waals surface area contributed by atoms with Gasteiger partial charge in [-0.25, -0.2) is 4.98 Å². The molecule has 5 nitrogen and oxygen atoms in total. The zero-order chi connectivity index (χ0) is 13.4. The van der Waals surface area contributed by atoms with Crippen molar-refractivity contribution in [3.8, 4) is 11.3 Å². The van der Waals surface area contributed by atoms with E-state index in [-0.39, 0.29) is 36.8 Å². The maximum absolute atomic E-state index is 12.3. The summed E-state index contributed by atoms with van der Waals surface area (Å²) in [5.74, 6) is 0.0196. The summed E-state index contributed by atoms with van der Waals surface area (Å²) in [6, 6.07) is 1.97. The number of hydrogen-bond acceptors (Lipinski definition) is 4. The van der Waals surface area contributed by atoms with Gasteiger partial charge in [0.25, 0.3) is 5.91 Å². The van der Waals surface area contributed by atoms with E-state index in [2.05, 4.69) is 9.97 Å².